The monoisotopic (exact) mass is 305 g/mol. The molecule has 0 aliphatic carbocycles. The van der Waals surface area contributed by atoms with Crippen molar-refractivity contribution in [1.82, 2.24) is 15.6 Å². The SMILES string of the molecule is Cc1csc(CNC(=O)NCc2ccc(C(=O)O)cc2)n1. The van der Waals surface area contributed by atoms with E-state index < -0.39 is 5.97 Å². The number of hydrogen-bond donors (Lipinski definition) is 3. The van der Waals surface area contributed by atoms with Crippen molar-refractivity contribution in [1.29, 1.82) is 0 Å². The first-order chi connectivity index (χ1) is 10.0. The lowest BCUT2D eigenvalue weighted by Crippen LogP contribution is -2.34. The highest BCUT2D eigenvalue weighted by molar-refractivity contribution is 7.09. The van der Waals surface area contributed by atoms with Crippen molar-refractivity contribution in [3.05, 3.63) is 51.5 Å². The summed E-state index contributed by atoms with van der Waals surface area (Å²) in [6, 6.07) is 6.08. The number of carbonyl (C=O) groups is 2. The number of thiazole rings is 1. The maximum Gasteiger partial charge on any atom is 0.335 e. The van der Waals surface area contributed by atoms with E-state index in [9.17, 15) is 9.59 Å². The molecular formula is C14H15N3O3S. The lowest BCUT2D eigenvalue weighted by atomic mass is 10.1. The van der Waals surface area contributed by atoms with Crippen molar-refractivity contribution in [3.8, 4) is 0 Å². The van der Waals surface area contributed by atoms with E-state index in [1.54, 1.807) is 12.1 Å². The predicted molar refractivity (Wildman–Crippen MR) is 79.3 cm³/mol. The molecule has 1 aromatic carbocycles. The Morgan fingerprint density at radius 1 is 1.19 bits per heavy atom. The molecule has 1 aromatic heterocycles. The number of nitrogens with zero attached hydrogens (tertiary/aromatic N) is 1. The Labute approximate surface area is 125 Å². The second-order valence-corrected chi connectivity index (χ2v) is 5.36. The summed E-state index contributed by atoms with van der Waals surface area (Å²) in [4.78, 5) is 26.6. The molecule has 110 valence electrons. The number of rotatable bonds is 5. The fourth-order valence-electron chi connectivity index (χ4n) is 1.65. The van der Waals surface area contributed by atoms with E-state index in [0.29, 0.717) is 13.1 Å². The van der Waals surface area contributed by atoms with E-state index in [1.807, 2.05) is 12.3 Å². The number of carboxylic acids is 1. The van der Waals surface area contributed by atoms with Gasteiger partial charge < -0.3 is 15.7 Å². The smallest absolute Gasteiger partial charge is 0.335 e. The van der Waals surface area contributed by atoms with Crippen LogP contribution in [0.3, 0.4) is 0 Å². The maximum atomic E-state index is 11.6. The standard InChI is InChI=1S/C14H15N3O3S/c1-9-8-21-12(17-9)7-16-14(20)15-6-10-2-4-11(5-3-10)13(18)19/h2-5,8H,6-7H2,1H3,(H,18,19)(H2,15,16,20). The summed E-state index contributed by atoms with van der Waals surface area (Å²) < 4.78 is 0. The topological polar surface area (TPSA) is 91.3 Å². The van der Waals surface area contributed by atoms with Crippen molar-refractivity contribution < 1.29 is 14.7 Å². The lowest BCUT2D eigenvalue weighted by Gasteiger charge is -2.06. The van der Waals surface area contributed by atoms with Crippen LogP contribution in [0.15, 0.2) is 29.6 Å². The van der Waals surface area contributed by atoms with E-state index in [1.165, 1.54) is 23.5 Å². The number of benzene rings is 1. The van der Waals surface area contributed by atoms with Crippen molar-refractivity contribution in [2.45, 2.75) is 20.0 Å². The molecule has 2 amide bonds. The van der Waals surface area contributed by atoms with E-state index in [2.05, 4.69) is 15.6 Å². The number of hydrogen-bond acceptors (Lipinski definition) is 4. The lowest BCUT2D eigenvalue weighted by molar-refractivity contribution is 0.0697. The second kappa shape index (κ2) is 6.85. The molecule has 2 rings (SSSR count). The van der Waals surface area contributed by atoms with Crippen LogP contribution in [0.5, 0.6) is 0 Å². The highest BCUT2D eigenvalue weighted by Gasteiger charge is 2.04. The summed E-state index contributed by atoms with van der Waals surface area (Å²) in [5, 5.41) is 17.0. The maximum absolute atomic E-state index is 11.6. The van der Waals surface area contributed by atoms with E-state index >= 15 is 0 Å². The van der Waals surface area contributed by atoms with Gasteiger partial charge in [-0.15, -0.1) is 11.3 Å². The molecule has 0 spiro atoms. The van der Waals surface area contributed by atoms with Crippen LogP contribution in [0.2, 0.25) is 0 Å². The van der Waals surface area contributed by atoms with Gasteiger partial charge in [-0.25, -0.2) is 14.6 Å². The van der Waals surface area contributed by atoms with Gasteiger partial charge in [0.1, 0.15) is 5.01 Å². The number of aryl methyl sites for hydroxylation is 1. The van der Waals surface area contributed by atoms with Gasteiger partial charge in [-0.1, -0.05) is 12.1 Å². The Balaban J connectivity index is 1.77. The van der Waals surface area contributed by atoms with Gasteiger partial charge in [-0.2, -0.15) is 0 Å². The van der Waals surface area contributed by atoms with Gasteiger partial charge in [0.05, 0.1) is 12.1 Å². The Morgan fingerprint density at radius 3 is 2.43 bits per heavy atom. The van der Waals surface area contributed by atoms with E-state index in [0.717, 1.165) is 16.3 Å². The molecule has 0 aliphatic rings. The fraction of sp³-hybridized carbons (Fsp3) is 0.214. The van der Waals surface area contributed by atoms with Crippen LogP contribution in [0.1, 0.15) is 26.6 Å². The number of carboxylic acid groups (broad SMARTS) is 1. The second-order valence-electron chi connectivity index (χ2n) is 4.42. The zero-order valence-corrected chi connectivity index (χ0v) is 12.2. The molecule has 2 aromatic rings. The number of carbonyl (C=O) groups excluding carboxylic acids is 1. The molecule has 0 aliphatic heterocycles. The van der Waals surface area contributed by atoms with Crippen LogP contribution >= 0.6 is 11.3 Å². The Kier molecular flexibility index (Phi) is 4.89. The minimum atomic E-state index is -0.967. The zero-order valence-electron chi connectivity index (χ0n) is 11.4. The average Bonchev–Trinajstić information content (AvgIpc) is 2.89. The minimum Gasteiger partial charge on any atom is -0.478 e. The normalized spacial score (nSPS) is 10.1. The van der Waals surface area contributed by atoms with Crippen molar-refractivity contribution in [2.75, 3.05) is 0 Å². The molecule has 21 heavy (non-hydrogen) atoms. The molecule has 7 heteroatoms. The first-order valence-electron chi connectivity index (χ1n) is 6.29. The quantitative estimate of drug-likeness (QED) is 0.789. The van der Waals surface area contributed by atoms with Crippen LogP contribution in [0, 0.1) is 6.92 Å². The zero-order chi connectivity index (χ0) is 15.2. The van der Waals surface area contributed by atoms with Gasteiger partial charge >= 0.3 is 12.0 Å². The highest BCUT2D eigenvalue weighted by Crippen LogP contribution is 2.08. The predicted octanol–water partition coefficient (Wildman–Crippen LogP) is 2.15. The van der Waals surface area contributed by atoms with Crippen LogP contribution in [0.25, 0.3) is 0 Å². The number of urea groups is 1. The third kappa shape index (κ3) is 4.57. The third-order valence-electron chi connectivity index (χ3n) is 2.72. The van der Waals surface area contributed by atoms with Gasteiger partial charge in [0.2, 0.25) is 0 Å². The van der Waals surface area contributed by atoms with Crippen LogP contribution in [-0.4, -0.2) is 22.1 Å². The first-order valence-corrected chi connectivity index (χ1v) is 7.17. The summed E-state index contributed by atoms with van der Waals surface area (Å²) in [6.07, 6.45) is 0. The molecule has 0 fully saturated rings. The number of nitrogens with one attached hydrogen (secondary N) is 2. The van der Waals surface area contributed by atoms with Gasteiger partial charge in [-0.3, -0.25) is 0 Å². The summed E-state index contributed by atoms with van der Waals surface area (Å²) in [5.74, 6) is -0.967. The summed E-state index contributed by atoms with van der Waals surface area (Å²) >= 11 is 1.50. The van der Waals surface area contributed by atoms with E-state index in [-0.39, 0.29) is 11.6 Å². The highest BCUT2D eigenvalue weighted by atomic mass is 32.1. The largest absolute Gasteiger partial charge is 0.478 e. The molecule has 0 bridgehead atoms. The third-order valence-corrected chi connectivity index (χ3v) is 3.69. The fourth-order valence-corrected chi connectivity index (χ4v) is 2.36. The number of aromatic carboxylic acids is 1. The Hall–Kier alpha value is -2.41. The molecule has 0 saturated carbocycles. The van der Waals surface area contributed by atoms with Gasteiger partial charge in [0.25, 0.3) is 0 Å². The van der Waals surface area contributed by atoms with Crippen LogP contribution < -0.4 is 10.6 Å². The molecule has 1 heterocycles. The molecule has 6 nitrogen and oxygen atoms in total. The van der Waals surface area contributed by atoms with Crippen molar-refractivity contribution in [2.24, 2.45) is 0 Å². The summed E-state index contributed by atoms with van der Waals surface area (Å²) in [7, 11) is 0. The molecular weight excluding hydrogens is 290 g/mol. The summed E-state index contributed by atoms with van der Waals surface area (Å²) in [6.45, 7) is 2.63. The van der Waals surface area contributed by atoms with Crippen LogP contribution in [0.4, 0.5) is 4.79 Å². The van der Waals surface area contributed by atoms with Gasteiger partial charge in [-0.05, 0) is 24.6 Å². The van der Waals surface area contributed by atoms with Crippen LogP contribution in [-0.2, 0) is 13.1 Å². The van der Waals surface area contributed by atoms with E-state index in [4.69, 9.17) is 5.11 Å². The molecule has 0 atom stereocenters. The first kappa shape index (κ1) is 15.0. The number of amides is 2. The molecule has 0 saturated heterocycles. The minimum absolute atomic E-state index is 0.224. The van der Waals surface area contributed by atoms with Gasteiger partial charge in [0, 0.05) is 17.6 Å². The molecule has 0 radical (unpaired) electrons. The van der Waals surface area contributed by atoms with Crippen molar-refractivity contribution >= 4 is 23.3 Å². The van der Waals surface area contributed by atoms with Gasteiger partial charge in [0.15, 0.2) is 0 Å². The summed E-state index contributed by atoms with van der Waals surface area (Å²) in [5.41, 5.74) is 2.00. The molecule has 0 unspecified atom stereocenters. The Morgan fingerprint density at radius 2 is 1.86 bits per heavy atom. The number of aromatic nitrogens is 1. The Bertz CT molecular complexity index is 637. The van der Waals surface area contributed by atoms with Crippen molar-refractivity contribution in [3.63, 3.8) is 0 Å². The average molecular weight is 305 g/mol. The molecule has 3 N–H and O–H groups in total.